The van der Waals surface area contributed by atoms with Gasteiger partial charge in [0.05, 0.1) is 0 Å². The van der Waals surface area contributed by atoms with E-state index in [-0.39, 0.29) is 13.2 Å². The molecule has 1 N–H and O–H groups in total. The number of benzene rings is 2. The molecular weight excluding hydrogens is 398 g/mol. The van der Waals surface area contributed by atoms with Crippen molar-refractivity contribution in [2.24, 2.45) is 0 Å². The molecule has 0 saturated carbocycles. The molecule has 126 valence electrons. The van der Waals surface area contributed by atoms with Crippen LogP contribution in [0.5, 0.6) is 5.75 Å². The lowest BCUT2D eigenvalue weighted by Gasteiger charge is -2.10. The zero-order chi connectivity index (χ0) is 17.5. The van der Waals surface area contributed by atoms with E-state index in [4.69, 9.17) is 21.1 Å². The van der Waals surface area contributed by atoms with Gasteiger partial charge in [-0.25, -0.2) is 4.79 Å². The Morgan fingerprint density at radius 2 is 1.83 bits per heavy atom. The third-order valence-electron chi connectivity index (χ3n) is 3.00. The molecule has 2 aromatic carbocycles. The van der Waals surface area contributed by atoms with Gasteiger partial charge in [-0.1, -0.05) is 27.5 Å². The van der Waals surface area contributed by atoms with Crippen molar-refractivity contribution in [3.63, 3.8) is 0 Å². The molecule has 0 aliphatic rings. The Bertz CT molecular complexity index is 734. The average molecular weight is 413 g/mol. The maximum absolute atomic E-state index is 11.8. The number of esters is 1. The highest BCUT2D eigenvalue weighted by atomic mass is 79.9. The molecule has 2 aromatic rings. The molecule has 0 atom stereocenters. The van der Waals surface area contributed by atoms with Crippen LogP contribution in [-0.4, -0.2) is 25.1 Å². The van der Waals surface area contributed by atoms with Crippen LogP contribution in [0.1, 0.15) is 5.56 Å². The number of hydrogen-bond donors (Lipinski definition) is 1. The summed E-state index contributed by atoms with van der Waals surface area (Å²) in [6.07, 6.45) is 0. The van der Waals surface area contributed by atoms with Gasteiger partial charge in [0.25, 0.3) is 5.91 Å². The third-order valence-corrected chi connectivity index (χ3v) is 3.74. The largest absolute Gasteiger partial charge is 0.482 e. The van der Waals surface area contributed by atoms with Crippen LogP contribution in [0.2, 0.25) is 5.02 Å². The van der Waals surface area contributed by atoms with Gasteiger partial charge in [-0.2, -0.15) is 0 Å². The number of anilines is 1. The minimum atomic E-state index is -0.632. The minimum Gasteiger partial charge on any atom is -0.482 e. The van der Waals surface area contributed by atoms with E-state index in [1.165, 1.54) is 0 Å². The number of nitrogens with one attached hydrogen (secondary N) is 1. The monoisotopic (exact) mass is 411 g/mol. The molecule has 1 amide bonds. The molecule has 0 aromatic heterocycles. The predicted molar refractivity (Wildman–Crippen MR) is 95.4 cm³/mol. The molecule has 0 saturated heterocycles. The number of carbonyl (C=O) groups excluding carboxylic acids is 2. The van der Waals surface area contributed by atoms with Crippen LogP contribution in [0.4, 0.5) is 5.69 Å². The van der Waals surface area contributed by atoms with Gasteiger partial charge in [-0.15, -0.1) is 0 Å². The molecule has 0 aliphatic heterocycles. The Hall–Kier alpha value is -2.05. The molecule has 24 heavy (non-hydrogen) atoms. The van der Waals surface area contributed by atoms with Crippen LogP contribution in [-0.2, 0) is 14.3 Å². The van der Waals surface area contributed by atoms with Gasteiger partial charge in [0.2, 0.25) is 0 Å². The Kier molecular flexibility index (Phi) is 6.63. The zero-order valence-electron chi connectivity index (χ0n) is 12.8. The summed E-state index contributed by atoms with van der Waals surface area (Å²) in [5.41, 5.74) is 1.56. The van der Waals surface area contributed by atoms with Crippen molar-refractivity contribution < 1.29 is 19.1 Å². The number of hydrogen-bond acceptors (Lipinski definition) is 4. The fourth-order valence-electron chi connectivity index (χ4n) is 1.81. The molecule has 0 radical (unpaired) electrons. The van der Waals surface area contributed by atoms with Gasteiger partial charge in [-0.3, -0.25) is 4.79 Å². The molecule has 0 unspecified atom stereocenters. The van der Waals surface area contributed by atoms with E-state index in [0.29, 0.717) is 16.5 Å². The second-order valence-electron chi connectivity index (χ2n) is 4.91. The summed E-state index contributed by atoms with van der Waals surface area (Å²) in [7, 11) is 0. The standard InChI is InChI=1S/C17H15BrClNO4/c1-11-8-12(18)2-7-15(11)20-16(21)9-24-17(22)10-23-14-5-3-13(19)4-6-14/h2-8H,9-10H2,1H3,(H,20,21). The fourth-order valence-corrected chi connectivity index (χ4v) is 2.42. The zero-order valence-corrected chi connectivity index (χ0v) is 15.2. The van der Waals surface area contributed by atoms with E-state index < -0.39 is 11.9 Å². The normalized spacial score (nSPS) is 10.1. The number of carbonyl (C=O) groups is 2. The Morgan fingerprint density at radius 3 is 2.50 bits per heavy atom. The highest BCUT2D eigenvalue weighted by Crippen LogP contribution is 2.20. The Morgan fingerprint density at radius 1 is 1.12 bits per heavy atom. The first kappa shape index (κ1) is 18.3. The van der Waals surface area contributed by atoms with E-state index in [9.17, 15) is 9.59 Å². The second kappa shape index (κ2) is 8.70. The van der Waals surface area contributed by atoms with Crippen LogP contribution >= 0.6 is 27.5 Å². The van der Waals surface area contributed by atoms with E-state index >= 15 is 0 Å². The van der Waals surface area contributed by atoms with Crippen LogP contribution in [0.25, 0.3) is 0 Å². The van der Waals surface area contributed by atoms with Crippen molar-refractivity contribution in [3.8, 4) is 5.75 Å². The second-order valence-corrected chi connectivity index (χ2v) is 6.26. The highest BCUT2D eigenvalue weighted by molar-refractivity contribution is 9.10. The van der Waals surface area contributed by atoms with Crippen molar-refractivity contribution in [2.45, 2.75) is 6.92 Å². The van der Waals surface area contributed by atoms with Gasteiger partial charge < -0.3 is 14.8 Å². The Balaban J connectivity index is 1.74. The van der Waals surface area contributed by atoms with Crippen LogP contribution < -0.4 is 10.1 Å². The minimum absolute atomic E-state index is 0.285. The number of halogens is 2. The van der Waals surface area contributed by atoms with Crippen molar-refractivity contribution in [2.75, 3.05) is 18.5 Å². The van der Waals surface area contributed by atoms with Crippen molar-refractivity contribution in [1.29, 1.82) is 0 Å². The topological polar surface area (TPSA) is 64.6 Å². The first-order chi connectivity index (χ1) is 11.4. The van der Waals surface area contributed by atoms with Gasteiger partial charge in [0, 0.05) is 15.2 Å². The summed E-state index contributed by atoms with van der Waals surface area (Å²) in [6, 6.07) is 12.0. The quantitative estimate of drug-likeness (QED) is 0.729. The molecule has 0 bridgehead atoms. The summed E-state index contributed by atoms with van der Waals surface area (Å²) in [6.45, 7) is 1.21. The van der Waals surface area contributed by atoms with Crippen LogP contribution in [0, 0.1) is 6.92 Å². The smallest absolute Gasteiger partial charge is 0.344 e. The van der Waals surface area contributed by atoms with E-state index in [0.717, 1.165) is 10.0 Å². The van der Waals surface area contributed by atoms with Crippen molar-refractivity contribution in [3.05, 3.63) is 57.5 Å². The predicted octanol–water partition coefficient (Wildman–Crippen LogP) is 3.97. The highest BCUT2D eigenvalue weighted by Gasteiger charge is 2.10. The molecular formula is C17H15BrClNO4. The number of aryl methyl sites for hydroxylation is 1. The summed E-state index contributed by atoms with van der Waals surface area (Å²) in [5.74, 6) is -0.556. The molecule has 0 aliphatic carbocycles. The first-order valence-electron chi connectivity index (χ1n) is 7.04. The fraction of sp³-hybridized carbons (Fsp3) is 0.176. The molecule has 0 spiro atoms. The Labute approximate surface area is 153 Å². The van der Waals surface area contributed by atoms with Gasteiger partial charge in [0.15, 0.2) is 13.2 Å². The van der Waals surface area contributed by atoms with Crippen molar-refractivity contribution >= 4 is 45.1 Å². The first-order valence-corrected chi connectivity index (χ1v) is 8.21. The lowest BCUT2D eigenvalue weighted by Crippen LogP contribution is -2.24. The van der Waals surface area contributed by atoms with E-state index in [2.05, 4.69) is 21.2 Å². The SMILES string of the molecule is Cc1cc(Br)ccc1NC(=O)COC(=O)COc1ccc(Cl)cc1. The molecule has 5 nitrogen and oxygen atoms in total. The summed E-state index contributed by atoms with van der Waals surface area (Å²) >= 11 is 9.10. The summed E-state index contributed by atoms with van der Waals surface area (Å²) in [4.78, 5) is 23.4. The van der Waals surface area contributed by atoms with Crippen LogP contribution in [0.3, 0.4) is 0 Å². The maximum Gasteiger partial charge on any atom is 0.344 e. The summed E-state index contributed by atoms with van der Waals surface area (Å²) in [5, 5.41) is 3.25. The van der Waals surface area contributed by atoms with Crippen LogP contribution in [0.15, 0.2) is 46.9 Å². The number of ether oxygens (including phenoxy) is 2. The number of rotatable bonds is 6. The van der Waals surface area contributed by atoms with E-state index in [1.54, 1.807) is 30.3 Å². The van der Waals surface area contributed by atoms with Gasteiger partial charge >= 0.3 is 5.97 Å². The molecule has 7 heteroatoms. The molecule has 2 rings (SSSR count). The molecule has 0 fully saturated rings. The third kappa shape index (κ3) is 5.86. The lowest BCUT2D eigenvalue weighted by atomic mass is 10.2. The van der Waals surface area contributed by atoms with E-state index in [1.807, 2.05) is 19.1 Å². The maximum atomic E-state index is 11.8. The van der Waals surface area contributed by atoms with Gasteiger partial charge in [0.1, 0.15) is 5.75 Å². The van der Waals surface area contributed by atoms with Gasteiger partial charge in [-0.05, 0) is 55.0 Å². The summed E-state index contributed by atoms with van der Waals surface area (Å²) < 4.78 is 11.0. The average Bonchev–Trinajstić information content (AvgIpc) is 2.55. The molecule has 0 heterocycles. The van der Waals surface area contributed by atoms with Crippen molar-refractivity contribution in [1.82, 2.24) is 0 Å². The lowest BCUT2D eigenvalue weighted by molar-refractivity contribution is -0.149. The number of amides is 1.